The van der Waals surface area contributed by atoms with E-state index >= 15 is 0 Å². The summed E-state index contributed by atoms with van der Waals surface area (Å²) in [6.45, 7) is 1.81. The van der Waals surface area contributed by atoms with Gasteiger partial charge in [0.05, 0.1) is 25.5 Å². The Morgan fingerprint density at radius 3 is 2.68 bits per heavy atom. The Morgan fingerprint density at radius 2 is 1.97 bits per heavy atom. The van der Waals surface area contributed by atoms with Gasteiger partial charge in [0, 0.05) is 12.0 Å². The molecule has 1 amide bonds. The van der Waals surface area contributed by atoms with Crippen molar-refractivity contribution in [3.8, 4) is 28.6 Å². The third-order valence-electron chi connectivity index (χ3n) is 4.97. The third kappa shape index (κ3) is 3.76. The zero-order chi connectivity index (χ0) is 22.0. The lowest BCUT2D eigenvalue weighted by molar-refractivity contribution is -0.120. The average molecular weight is 439 g/mol. The van der Waals surface area contributed by atoms with Crippen molar-refractivity contribution in [1.29, 1.82) is 0 Å². The summed E-state index contributed by atoms with van der Waals surface area (Å²) >= 11 is 1.36. The molecule has 1 aliphatic rings. The number of ether oxygens (including phenoxy) is 3. The summed E-state index contributed by atoms with van der Waals surface area (Å²) in [6, 6.07) is 12.9. The van der Waals surface area contributed by atoms with Crippen molar-refractivity contribution in [1.82, 2.24) is 15.2 Å². The van der Waals surface area contributed by atoms with Crippen molar-refractivity contribution in [2.75, 3.05) is 25.4 Å². The largest absolute Gasteiger partial charge is 0.497 e. The van der Waals surface area contributed by atoms with Gasteiger partial charge in [0.1, 0.15) is 11.5 Å². The van der Waals surface area contributed by atoms with Crippen LogP contribution >= 0.6 is 11.8 Å². The van der Waals surface area contributed by atoms with Crippen molar-refractivity contribution in [3.05, 3.63) is 48.0 Å². The summed E-state index contributed by atoms with van der Waals surface area (Å²) in [7, 11) is 3.16. The number of methoxy groups -OCH3 is 2. The van der Waals surface area contributed by atoms with Gasteiger partial charge >= 0.3 is 0 Å². The van der Waals surface area contributed by atoms with Crippen LogP contribution in [-0.4, -0.2) is 41.6 Å². The third-order valence-corrected chi connectivity index (χ3v) is 5.51. The van der Waals surface area contributed by atoms with E-state index < -0.39 is 6.23 Å². The zero-order valence-electron chi connectivity index (χ0n) is 17.7. The highest BCUT2D eigenvalue weighted by Gasteiger charge is 2.37. The first kappa shape index (κ1) is 20.9. The standard InChI is InChI=1S/C22H22N4O4S/c1-5-18(27)26-16-9-7-6-8-14(16)19-20(23-22(31-4)25-24-19)30-21(26)15-12-13(28-2)10-11-17(15)29-3/h6-12,21H,5H2,1-4H3/t21-/m1/s1. The highest BCUT2D eigenvalue weighted by Crippen LogP contribution is 2.45. The Bertz CT molecular complexity index is 1120. The number of anilines is 1. The quantitative estimate of drug-likeness (QED) is 0.550. The van der Waals surface area contributed by atoms with Crippen LogP contribution in [0.1, 0.15) is 25.1 Å². The van der Waals surface area contributed by atoms with Gasteiger partial charge in [0.2, 0.25) is 23.2 Å². The second-order valence-corrected chi connectivity index (χ2v) is 7.44. The monoisotopic (exact) mass is 438 g/mol. The van der Waals surface area contributed by atoms with Gasteiger partial charge in [-0.1, -0.05) is 36.9 Å². The van der Waals surface area contributed by atoms with E-state index in [0.29, 0.717) is 39.5 Å². The molecular weight excluding hydrogens is 416 g/mol. The van der Waals surface area contributed by atoms with Gasteiger partial charge in [-0.05, 0) is 30.5 Å². The van der Waals surface area contributed by atoms with Crippen LogP contribution in [0.15, 0.2) is 47.6 Å². The molecule has 4 rings (SSSR count). The van der Waals surface area contributed by atoms with Gasteiger partial charge in [0.15, 0.2) is 5.69 Å². The predicted octanol–water partition coefficient (Wildman–Crippen LogP) is 4.11. The van der Waals surface area contributed by atoms with Crippen molar-refractivity contribution in [2.45, 2.75) is 24.7 Å². The fourth-order valence-corrected chi connectivity index (χ4v) is 3.77. The first-order valence-corrected chi connectivity index (χ1v) is 10.9. The summed E-state index contributed by atoms with van der Waals surface area (Å²) < 4.78 is 17.4. The molecule has 1 aliphatic heterocycles. The van der Waals surface area contributed by atoms with Gasteiger partial charge in [-0.3, -0.25) is 9.69 Å². The number of nitrogens with zero attached hydrogens (tertiary/aromatic N) is 4. The number of hydrogen-bond acceptors (Lipinski definition) is 8. The Hall–Kier alpha value is -3.33. The molecule has 0 bridgehead atoms. The molecule has 31 heavy (non-hydrogen) atoms. The molecule has 0 fully saturated rings. The van der Waals surface area contributed by atoms with E-state index in [9.17, 15) is 4.79 Å². The minimum absolute atomic E-state index is 0.117. The SMILES string of the molecule is CCC(=O)N1c2ccccc2-c2nnc(SC)nc2O[C@@H]1c1cc(OC)ccc1OC. The number of amides is 1. The maximum absolute atomic E-state index is 13.2. The fraction of sp³-hybridized carbons (Fsp3) is 0.273. The van der Waals surface area contributed by atoms with Gasteiger partial charge in [-0.25, -0.2) is 0 Å². The van der Waals surface area contributed by atoms with Crippen molar-refractivity contribution in [3.63, 3.8) is 0 Å². The summed E-state index contributed by atoms with van der Waals surface area (Å²) in [6.07, 6.45) is 1.31. The number of carbonyl (C=O) groups excluding carboxylic acids is 1. The lowest BCUT2D eigenvalue weighted by Gasteiger charge is -2.31. The molecule has 9 heteroatoms. The van der Waals surface area contributed by atoms with E-state index in [1.807, 2.05) is 37.4 Å². The number of para-hydroxylation sites is 1. The molecule has 0 N–H and O–H groups in total. The Labute approximate surface area is 184 Å². The molecular formula is C22H22N4O4S. The van der Waals surface area contributed by atoms with E-state index in [1.54, 1.807) is 37.3 Å². The van der Waals surface area contributed by atoms with E-state index in [4.69, 9.17) is 14.2 Å². The predicted molar refractivity (Wildman–Crippen MR) is 118 cm³/mol. The molecule has 0 aliphatic carbocycles. The number of fused-ring (bicyclic) bond motifs is 3. The molecule has 0 saturated carbocycles. The van der Waals surface area contributed by atoms with E-state index in [2.05, 4.69) is 15.2 Å². The number of benzene rings is 2. The minimum atomic E-state index is -0.841. The number of rotatable bonds is 5. The average Bonchev–Trinajstić information content (AvgIpc) is 2.97. The molecule has 0 spiro atoms. The molecule has 1 aromatic heterocycles. The highest BCUT2D eigenvalue weighted by atomic mass is 32.2. The summed E-state index contributed by atoms with van der Waals surface area (Å²) in [5, 5.41) is 9.01. The Balaban J connectivity index is 2.01. The molecule has 2 heterocycles. The summed E-state index contributed by atoms with van der Waals surface area (Å²) in [5.41, 5.74) is 2.49. The molecule has 0 saturated heterocycles. The maximum Gasteiger partial charge on any atom is 0.247 e. The van der Waals surface area contributed by atoms with Gasteiger partial charge < -0.3 is 14.2 Å². The number of hydrogen-bond donors (Lipinski definition) is 0. The van der Waals surface area contributed by atoms with Crippen LogP contribution in [0, 0.1) is 0 Å². The number of carbonyl (C=O) groups is 1. The van der Waals surface area contributed by atoms with Crippen LogP contribution in [0.5, 0.6) is 17.4 Å². The lowest BCUT2D eigenvalue weighted by atomic mass is 10.1. The van der Waals surface area contributed by atoms with Crippen LogP contribution in [0.25, 0.3) is 11.3 Å². The summed E-state index contributed by atoms with van der Waals surface area (Å²) in [5.74, 6) is 1.36. The molecule has 0 radical (unpaired) electrons. The first-order valence-electron chi connectivity index (χ1n) is 9.70. The normalized spacial score (nSPS) is 14.7. The fourth-order valence-electron chi connectivity index (χ4n) is 3.47. The van der Waals surface area contributed by atoms with E-state index in [-0.39, 0.29) is 12.3 Å². The van der Waals surface area contributed by atoms with Crippen LogP contribution in [0.2, 0.25) is 0 Å². The summed E-state index contributed by atoms with van der Waals surface area (Å²) in [4.78, 5) is 19.4. The molecule has 0 unspecified atom stereocenters. The van der Waals surface area contributed by atoms with Crippen LogP contribution in [0.3, 0.4) is 0 Å². The number of aromatic nitrogens is 3. The second kappa shape index (κ2) is 8.81. The van der Waals surface area contributed by atoms with Crippen LogP contribution in [-0.2, 0) is 4.79 Å². The second-order valence-electron chi connectivity index (χ2n) is 6.66. The van der Waals surface area contributed by atoms with Gasteiger partial charge in [0.25, 0.3) is 0 Å². The highest BCUT2D eigenvalue weighted by molar-refractivity contribution is 7.98. The smallest absolute Gasteiger partial charge is 0.247 e. The van der Waals surface area contributed by atoms with Crippen molar-refractivity contribution < 1.29 is 19.0 Å². The molecule has 8 nitrogen and oxygen atoms in total. The van der Waals surface area contributed by atoms with Gasteiger partial charge in [-0.15, -0.1) is 10.2 Å². The Kier molecular flexibility index (Phi) is 5.94. The lowest BCUT2D eigenvalue weighted by Crippen LogP contribution is -2.37. The van der Waals surface area contributed by atoms with Crippen LogP contribution in [0.4, 0.5) is 5.69 Å². The molecule has 3 aromatic rings. The molecule has 160 valence electrons. The van der Waals surface area contributed by atoms with E-state index in [0.717, 1.165) is 5.56 Å². The molecule has 2 aromatic carbocycles. The first-order chi connectivity index (χ1) is 15.1. The number of thioether (sulfide) groups is 1. The topological polar surface area (TPSA) is 86.7 Å². The maximum atomic E-state index is 13.2. The van der Waals surface area contributed by atoms with Gasteiger partial charge in [-0.2, -0.15) is 4.98 Å². The Morgan fingerprint density at radius 1 is 1.16 bits per heavy atom. The van der Waals surface area contributed by atoms with Crippen LogP contribution < -0.4 is 19.1 Å². The molecule has 1 atom stereocenters. The minimum Gasteiger partial charge on any atom is -0.497 e. The van der Waals surface area contributed by atoms with Crippen molar-refractivity contribution in [2.24, 2.45) is 0 Å². The van der Waals surface area contributed by atoms with Crippen molar-refractivity contribution >= 4 is 23.4 Å². The van der Waals surface area contributed by atoms with E-state index in [1.165, 1.54) is 11.8 Å². The zero-order valence-corrected chi connectivity index (χ0v) is 18.5.